The van der Waals surface area contributed by atoms with Crippen molar-refractivity contribution in [1.29, 1.82) is 0 Å². The fourth-order valence-electron chi connectivity index (χ4n) is 2.43. The summed E-state index contributed by atoms with van der Waals surface area (Å²) < 4.78 is 5.49. The highest BCUT2D eigenvalue weighted by Crippen LogP contribution is 2.24. The van der Waals surface area contributed by atoms with E-state index in [2.05, 4.69) is 0 Å². The number of nitrogens with zero attached hydrogens (tertiary/aromatic N) is 1. The minimum absolute atomic E-state index is 0.0585. The molecule has 4 heteroatoms. The molecule has 0 saturated carbocycles. The molecule has 100 valence electrons. The van der Waals surface area contributed by atoms with E-state index in [1.807, 2.05) is 25.7 Å². The summed E-state index contributed by atoms with van der Waals surface area (Å²) in [6, 6.07) is 2.01. The second kappa shape index (κ2) is 5.14. The number of carbonyl (C=O) groups is 1. The van der Waals surface area contributed by atoms with Gasteiger partial charge in [-0.05, 0) is 51.2 Å². The monoisotopic (exact) mass is 251 g/mol. The molecular formula is C14H21NO3. The Morgan fingerprint density at radius 3 is 2.78 bits per heavy atom. The van der Waals surface area contributed by atoms with E-state index >= 15 is 0 Å². The molecule has 2 heterocycles. The van der Waals surface area contributed by atoms with Crippen LogP contribution in [-0.4, -0.2) is 35.1 Å². The van der Waals surface area contributed by atoms with E-state index in [0.29, 0.717) is 12.3 Å². The molecule has 1 aromatic rings. The first-order valence-electron chi connectivity index (χ1n) is 6.51. The third-order valence-electron chi connectivity index (χ3n) is 3.88. The number of likely N-dealkylation sites (tertiary alicyclic amines) is 1. The summed E-state index contributed by atoms with van der Waals surface area (Å²) in [5.41, 5.74) is 1.00. The van der Waals surface area contributed by atoms with E-state index < -0.39 is 0 Å². The topological polar surface area (TPSA) is 53.7 Å². The second-order valence-electron chi connectivity index (χ2n) is 5.28. The number of aryl methyl sites for hydroxylation is 2. The molecule has 0 aliphatic carbocycles. The molecule has 1 amide bonds. The van der Waals surface area contributed by atoms with Crippen LogP contribution in [0.2, 0.25) is 0 Å². The maximum atomic E-state index is 12.4. The van der Waals surface area contributed by atoms with Gasteiger partial charge < -0.3 is 14.4 Å². The molecule has 1 N–H and O–H groups in total. The van der Waals surface area contributed by atoms with Crippen LogP contribution in [0.25, 0.3) is 0 Å². The average molecular weight is 251 g/mol. The average Bonchev–Trinajstić information content (AvgIpc) is 2.69. The summed E-state index contributed by atoms with van der Waals surface area (Å²) >= 11 is 0. The van der Waals surface area contributed by atoms with Crippen molar-refractivity contribution < 1.29 is 14.3 Å². The molecule has 0 aromatic carbocycles. The fourth-order valence-corrected chi connectivity index (χ4v) is 2.43. The number of hydrogen-bond acceptors (Lipinski definition) is 3. The van der Waals surface area contributed by atoms with Crippen molar-refractivity contribution in [2.45, 2.75) is 39.7 Å². The van der Waals surface area contributed by atoms with Crippen LogP contribution in [0.3, 0.4) is 0 Å². The van der Waals surface area contributed by atoms with Crippen molar-refractivity contribution in [3.8, 4) is 0 Å². The molecule has 0 bridgehead atoms. The van der Waals surface area contributed by atoms with E-state index in [4.69, 9.17) is 4.42 Å². The van der Waals surface area contributed by atoms with Crippen molar-refractivity contribution in [1.82, 2.24) is 4.90 Å². The van der Waals surface area contributed by atoms with E-state index in [-0.39, 0.29) is 24.5 Å². The zero-order chi connectivity index (χ0) is 13.3. The molecule has 1 aromatic heterocycles. The third-order valence-corrected chi connectivity index (χ3v) is 3.88. The molecule has 18 heavy (non-hydrogen) atoms. The van der Waals surface area contributed by atoms with Crippen molar-refractivity contribution in [3.05, 3.63) is 23.2 Å². The Kier molecular flexibility index (Phi) is 3.76. The summed E-state index contributed by atoms with van der Waals surface area (Å²) in [5.74, 6) is 1.34. The fraction of sp³-hybridized carbons (Fsp3) is 0.643. The first-order valence-corrected chi connectivity index (χ1v) is 6.51. The van der Waals surface area contributed by atoms with Gasteiger partial charge in [0, 0.05) is 19.2 Å². The number of carbonyl (C=O) groups excluding carboxylic acids is 1. The highest BCUT2D eigenvalue weighted by Gasteiger charge is 2.30. The normalized spacial score (nSPS) is 24.3. The summed E-state index contributed by atoms with van der Waals surface area (Å²) in [7, 11) is 0. The molecule has 1 aliphatic rings. The molecule has 1 aliphatic heterocycles. The van der Waals surface area contributed by atoms with Crippen LogP contribution >= 0.6 is 0 Å². The summed E-state index contributed by atoms with van der Waals surface area (Å²) in [6.45, 7) is 6.62. The summed E-state index contributed by atoms with van der Waals surface area (Å²) in [5, 5.41) is 9.23. The number of amides is 1. The minimum atomic E-state index is -0.0585. The van der Waals surface area contributed by atoms with E-state index in [1.54, 1.807) is 6.07 Å². The number of rotatable bonds is 2. The lowest BCUT2D eigenvalue weighted by Crippen LogP contribution is -2.46. The Morgan fingerprint density at radius 2 is 2.22 bits per heavy atom. The lowest BCUT2D eigenvalue weighted by Gasteiger charge is -2.36. The maximum absolute atomic E-state index is 12.4. The molecular weight excluding hydrogens is 230 g/mol. The molecule has 2 rings (SSSR count). The summed E-state index contributed by atoms with van der Waals surface area (Å²) in [6.07, 6.45) is 1.92. The van der Waals surface area contributed by atoms with Gasteiger partial charge in [0.1, 0.15) is 5.76 Å². The first-order chi connectivity index (χ1) is 8.52. The molecule has 0 radical (unpaired) electrons. The predicted molar refractivity (Wildman–Crippen MR) is 68.5 cm³/mol. The maximum Gasteiger partial charge on any atom is 0.289 e. The van der Waals surface area contributed by atoms with Gasteiger partial charge in [-0.1, -0.05) is 0 Å². The van der Waals surface area contributed by atoms with Gasteiger partial charge in [-0.3, -0.25) is 4.79 Å². The van der Waals surface area contributed by atoms with Crippen LogP contribution in [0.15, 0.2) is 10.5 Å². The highest BCUT2D eigenvalue weighted by atomic mass is 16.4. The van der Waals surface area contributed by atoms with Gasteiger partial charge in [-0.15, -0.1) is 0 Å². The van der Waals surface area contributed by atoms with Gasteiger partial charge in [0.25, 0.3) is 5.91 Å². The molecule has 1 fully saturated rings. The standard InChI is InChI=1S/C14H21NO3/c1-9-6-13(18-11(9)3)14(17)15-7-12(8-16)5-4-10(15)2/h6,10,12,16H,4-5,7-8H2,1-3H3. The molecule has 0 spiro atoms. The van der Waals surface area contributed by atoms with Gasteiger partial charge >= 0.3 is 0 Å². The molecule has 1 saturated heterocycles. The lowest BCUT2D eigenvalue weighted by molar-refractivity contribution is 0.0458. The number of aliphatic hydroxyl groups excluding tert-OH is 1. The second-order valence-corrected chi connectivity index (χ2v) is 5.28. The Labute approximate surface area is 108 Å². The van der Waals surface area contributed by atoms with Crippen LogP contribution in [-0.2, 0) is 0 Å². The van der Waals surface area contributed by atoms with Gasteiger partial charge in [-0.2, -0.15) is 0 Å². The SMILES string of the molecule is Cc1cc(C(=O)N2CC(CO)CCC2C)oc1C. The first kappa shape index (κ1) is 13.1. The van der Waals surface area contributed by atoms with Crippen LogP contribution in [0.1, 0.15) is 41.6 Å². The van der Waals surface area contributed by atoms with Crippen LogP contribution in [0.5, 0.6) is 0 Å². The zero-order valence-electron chi connectivity index (χ0n) is 11.3. The van der Waals surface area contributed by atoms with Gasteiger partial charge in [0.2, 0.25) is 0 Å². The Morgan fingerprint density at radius 1 is 1.50 bits per heavy atom. The smallest absolute Gasteiger partial charge is 0.289 e. The van der Waals surface area contributed by atoms with Crippen LogP contribution in [0.4, 0.5) is 0 Å². The van der Waals surface area contributed by atoms with Crippen molar-refractivity contribution in [2.24, 2.45) is 5.92 Å². The van der Waals surface area contributed by atoms with Gasteiger partial charge in [-0.25, -0.2) is 0 Å². The summed E-state index contributed by atoms with van der Waals surface area (Å²) in [4.78, 5) is 14.2. The number of furan rings is 1. The Bertz CT molecular complexity index is 419. The highest BCUT2D eigenvalue weighted by molar-refractivity contribution is 5.92. The van der Waals surface area contributed by atoms with Gasteiger partial charge in [0.05, 0.1) is 0 Å². The lowest BCUT2D eigenvalue weighted by atomic mass is 9.94. The minimum Gasteiger partial charge on any atom is -0.456 e. The number of aliphatic hydroxyl groups is 1. The predicted octanol–water partition coefficient (Wildman–Crippen LogP) is 2.13. The third kappa shape index (κ3) is 2.43. The van der Waals surface area contributed by atoms with E-state index in [0.717, 1.165) is 24.2 Å². The largest absolute Gasteiger partial charge is 0.456 e. The molecule has 4 nitrogen and oxygen atoms in total. The molecule has 2 unspecified atom stereocenters. The van der Waals surface area contributed by atoms with E-state index in [1.165, 1.54) is 0 Å². The van der Waals surface area contributed by atoms with Gasteiger partial charge in [0.15, 0.2) is 5.76 Å². The molecule has 2 atom stereocenters. The van der Waals surface area contributed by atoms with Crippen molar-refractivity contribution in [2.75, 3.05) is 13.2 Å². The Hall–Kier alpha value is -1.29. The van der Waals surface area contributed by atoms with Crippen molar-refractivity contribution in [3.63, 3.8) is 0 Å². The quantitative estimate of drug-likeness (QED) is 0.876. The van der Waals surface area contributed by atoms with Crippen LogP contribution in [0, 0.1) is 19.8 Å². The Balaban J connectivity index is 2.16. The number of hydrogen-bond donors (Lipinski definition) is 1. The van der Waals surface area contributed by atoms with Crippen LogP contribution < -0.4 is 0 Å². The zero-order valence-corrected chi connectivity index (χ0v) is 11.3. The van der Waals surface area contributed by atoms with Crippen molar-refractivity contribution >= 4 is 5.91 Å². The number of piperidine rings is 1. The van der Waals surface area contributed by atoms with E-state index in [9.17, 15) is 9.90 Å².